The van der Waals surface area contributed by atoms with E-state index in [1.807, 2.05) is 19.1 Å². The first-order valence-corrected chi connectivity index (χ1v) is 11.2. The topological polar surface area (TPSA) is 67.4 Å². The van der Waals surface area contributed by atoms with E-state index in [4.69, 9.17) is 39.5 Å². The highest BCUT2D eigenvalue weighted by molar-refractivity contribution is 7.16. The first kappa shape index (κ1) is 22.2. The third-order valence-corrected chi connectivity index (χ3v) is 6.55. The molecule has 9 heteroatoms. The number of carbonyl (C=O) groups is 2. The number of halogens is 3. The lowest BCUT2D eigenvalue weighted by atomic mass is 10.1. The van der Waals surface area contributed by atoms with Gasteiger partial charge in [-0.15, -0.1) is 11.3 Å². The Morgan fingerprint density at radius 2 is 1.97 bits per heavy atom. The van der Waals surface area contributed by atoms with E-state index >= 15 is 0 Å². The molecule has 29 heavy (non-hydrogen) atoms. The van der Waals surface area contributed by atoms with Gasteiger partial charge in [0.15, 0.2) is 0 Å². The van der Waals surface area contributed by atoms with Crippen molar-refractivity contribution in [1.29, 1.82) is 0 Å². The van der Waals surface area contributed by atoms with Gasteiger partial charge in [-0.1, -0.05) is 53.0 Å². The first-order valence-electron chi connectivity index (χ1n) is 9.23. The SMILES string of the molecule is CCOC(=O)c1c(N[C@H](NC(=O)c2ccccc2C)C(Cl)(Cl)Cl)sc2c1CCC2. The van der Waals surface area contributed by atoms with Crippen molar-refractivity contribution in [3.8, 4) is 0 Å². The number of anilines is 1. The van der Waals surface area contributed by atoms with Crippen molar-refractivity contribution in [2.75, 3.05) is 11.9 Å². The van der Waals surface area contributed by atoms with E-state index < -0.39 is 15.9 Å². The Labute approximate surface area is 188 Å². The number of alkyl halides is 3. The minimum absolute atomic E-state index is 0.265. The van der Waals surface area contributed by atoms with Crippen LogP contribution in [0.4, 0.5) is 5.00 Å². The van der Waals surface area contributed by atoms with Crippen molar-refractivity contribution >= 4 is 63.0 Å². The van der Waals surface area contributed by atoms with Gasteiger partial charge in [0.25, 0.3) is 5.91 Å². The molecule has 156 valence electrons. The molecule has 2 N–H and O–H groups in total. The molecule has 0 bridgehead atoms. The van der Waals surface area contributed by atoms with Crippen molar-refractivity contribution in [2.24, 2.45) is 0 Å². The zero-order valence-corrected chi connectivity index (χ0v) is 19.1. The quantitative estimate of drug-likeness (QED) is 0.340. The Morgan fingerprint density at radius 1 is 1.24 bits per heavy atom. The van der Waals surface area contributed by atoms with Crippen LogP contribution in [0.1, 0.15) is 50.1 Å². The fourth-order valence-electron chi connectivity index (χ4n) is 3.29. The lowest BCUT2D eigenvalue weighted by Gasteiger charge is -2.27. The molecule has 0 aliphatic heterocycles. The predicted molar refractivity (Wildman–Crippen MR) is 119 cm³/mol. The Kier molecular flexibility index (Phi) is 6.99. The standard InChI is InChI=1S/C20H21Cl3N2O3S/c1-3-28-18(27)15-13-9-6-10-14(13)29-17(15)25-19(20(21,22)23)24-16(26)12-8-5-4-7-11(12)2/h4-5,7-8,19,25H,3,6,9-10H2,1-2H3,(H,24,26)/t19-/m0/s1. The maximum absolute atomic E-state index is 12.8. The van der Waals surface area contributed by atoms with E-state index in [0.29, 0.717) is 16.1 Å². The van der Waals surface area contributed by atoms with Gasteiger partial charge < -0.3 is 15.4 Å². The third-order valence-electron chi connectivity index (χ3n) is 4.67. The van der Waals surface area contributed by atoms with Crippen molar-refractivity contribution in [3.05, 3.63) is 51.4 Å². The smallest absolute Gasteiger partial charge is 0.341 e. The average molecular weight is 476 g/mol. The number of aryl methyl sites for hydroxylation is 2. The van der Waals surface area contributed by atoms with Crippen LogP contribution in [0.15, 0.2) is 24.3 Å². The number of benzene rings is 1. The molecule has 1 aromatic heterocycles. The molecule has 0 saturated carbocycles. The van der Waals surface area contributed by atoms with Crippen LogP contribution in [-0.4, -0.2) is 28.4 Å². The van der Waals surface area contributed by atoms with Crippen LogP contribution in [0.3, 0.4) is 0 Å². The van der Waals surface area contributed by atoms with Crippen molar-refractivity contribution in [1.82, 2.24) is 5.32 Å². The number of nitrogens with one attached hydrogen (secondary N) is 2. The molecule has 2 aromatic rings. The van der Waals surface area contributed by atoms with Crippen molar-refractivity contribution in [2.45, 2.75) is 43.1 Å². The third kappa shape index (κ3) is 5.00. The summed E-state index contributed by atoms with van der Waals surface area (Å²) < 4.78 is 3.38. The summed E-state index contributed by atoms with van der Waals surface area (Å²) in [5.74, 6) is -0.795. The largest absolute Gasteiger partial charge is 0.462 e. The molecule has 0 unspecified atom stereocenters. The first-order chi connectivity index (χ1) is 13.7. The minimum Gasteiger partial charge on any atom is -0.462 e. The molecular weight excluding hydrogens is 455 g/mol. The number of ether oxygens (including phenoxy) is 1. The van der Waals surface area contributed by atoms with E-state index in [9.17, 15) is 9.59 Å². The number of carbonyl (C=O) groups excluding carboxylic acids is 2. The van der Waals surface area contributed by atoms with Crippen LogP contribution < -0.4 is 10.6 Å². The summed E-state index contributed by atoms with van der Waals surface area (Å²) in [7, 11) is 0. The van der Waals surface area contributed by atoms with Gasteiger partial charge in [0.1, 0.15) is 11.2 Å². The highest BCUT2D eigenvalue weighted by atomic mass is 35.6. The molecule has 0 fully saturated rings. The van der Waals surface area contributed by atoms with Gasteiger partial charge >= 0.3 is 5.97 Å². The minimum atomic E-state index is -1.85. The van der Waals surface area contributed by atoms with Gasteiger partial charge in [-0.3, -0.25) is 4.79 Å². The van der Waals surface area contributed by atoms with Crippen LogP contribution >= 0.6 is 46.1 Å². The Hall–Kier alpha value is -1.47. The molecule has 0 radical (unpaired) electrons. The molecule has 1 amide bonds. The van der Waals surface area contributed by atoms with Gasteiger partial charge in [0.2, 0.25) is 3.79 Å². The van der Waals surface area contributed by atoms with E-state index in [1.165, 1.54) is 11.3 Å². The van der Waals surface area contributed by atoms with Crippen LogP contribution in [0.25, 0.3) is 0 Å². The van der Waals surface area contributed by atoms with E-state index in [0.717, 1.165) is 35.3 Å². The summed E-state index contributed by atoms with van der Waals surface area (Å²) in [4.78, 5) is 26.4. The molecule has 1 aromatic carbocycles. The Morgan fingerprint density at radius 3 is 2.62 bits per heavy atom. The number of hydrogen-bond donors (Lipinski definition) is 2. The van der Waals surface area contributed by atoms with E-state index in [-0.39, 0.29) is 12.5 Å². The lowest BCUT2D eigenvalue weighted by Crippen LogP contribution is -2.49. The van der Waals surface area contributed by atoms with Crippen LogP contribution in [0.2, 0.25) is 0 Å². The fraction of sp³-hybridized carbons (Fsp3) is 0.400. The Balaban J connectivity index is 1.90. The molecule has 5 nitrogen and oxygen atoms in total. The van der Waals surface area contributed by atoms with Crippen molar-refractivity contribution in [3.63, 3.8) is 0 Å². The van der Waals surface area contributed by atoms with Gasteiger partial charge in [-0.2, -0.15) is 0 Å². The normalized spacial score (nSPS) is 14.2. The second kappa shape index (κ2) is 9.13. The fourth-order valence-corrected chi connectivity index (χ4v) is 4.93. The van der Waals surface area contributed by atoms with E-state index in [2.05, 4.69) is 10.6 Å². The predicted octanol–water partition coefficient (Wildman–Crippen LogP) is 5.26. The molecule has 3 rings (SSSR count). The number of hydrogen-bond acceptors (Lipinski definition) is 5. The second-order valence-corrected chi connectivity index (χ2v) is 10.2. The van der Waals surface area contributed by atoms with Gasteiger partial charge in [-0.25, -0.2) is 4.79 Å². The molecular formula is C20H21Cl3N2O3S. The monoisotopic (exact) mass is 474 g/mol. The van der Waals surface area contributed by atoms with Gasteiger partial charge in [-0.05, 0) is 50.3 Å². The summed E-state index contributed by atoms with van der Waals surface area (Å²) >= 11 is 19.9. The highest BCUT2D eigenvalue weighted by Crippen LogP contribution is 2.41. The molecule has 0 saturated heterocycles. The van der Waals surface area contributed by atoms with Crippen LogP contribution in [0.5, 0.6) is 0 Å². The number of rotatable bonds is 6. The number of fused-ring (bicyclic) bond motifs is 1. The molecule has 1 aliphatic carbocycles. The van der Waals surface area contributed by atoms with Gasteiger partial charge in [0, 0.05) is 10.4 Å². The van der Waals surface area contributed by atoms with Crippen LogP contribution in [-0.2, 0) is 17.6 Å². The van der Waals surface area contributed by atoms with Gasteiger partial charge in [0.05, 0.1) is 12.2 Å². The molecule has 1 heterocycles. The lowest BCUT2D eigenvalue weighted by molar-refractivity contribution is 0.0527. The maximum atomic E-state index is 12.8. The molecule has 1 aliphatic rings. The number of esters is 1. The second-order valence-electron chi connectivity index (χ2n) is 6.69. The summed E-state index contributed by atoms with van der Waals surface area (Å²) in [6.45, 7) is 3.85. The highest BCUT2D eigenvalue weighted by Gasteiger charge is 2.37. The average Bonchev–Trinajstić information content (AvgIpc) is 3.21. The summed E-state index contributed by atoms with van der Waals surface area (Å²) in [6.07, 6.45) is 1.63. The van der Waals surface area contributed by atoms with Crippen LogP contribution in [0, 0.1) is 6.92 Å². The zero-order chi connectivity index (χ0) is 21.2. The maximum Gasteiger partial charge on any atom is 0.341 e. The summed E-state index contributed by atoms with van der Waals surface area (Å²) in [5.41, 5.74) is 2.72. The molecule has 1 atom stereocenters. The number of amides is 1. The summed E-state index contributed by atoms with van der Waals surface area (Å²) in [6, 6.07) is 7.14. The zero-order valence-electron chi connectivity index (χ0n) is 16.0. The van der Waals surface area contributed by atoms with E-state index in [1.54, 1.807) is 19.1 Å². The Bertz CT molecular complexity index is 924. The summed E-state index contributed by atoms with van der Waals surface area (Å²) in [5, 5.41) is 6.34. The molecule has 0 spiro atoms. The number of thiophene rings is 1. The van der Waals surface area contributed by atoms with Crippen molar-refractivity contribution < 1.29 is 14.3 Å².